The van der Waals surface area contributed by atoms with Crippen LogP contribution in [0.3, 0.4) is 0 Å². The Hall–Kier alpha value is -3.09. The van der Waals surface area contributed by atoms with E-state index in [9.17, 15) is 4.79 Å². The molecule has 2 aromatic heterocycles. The molecule has 2 N–H and O–H groups in total. The molecule has 0 aliphatic carbocycles. The summed E-state index contributed by atoms with van der Waals surface area (Å²) < 4.78 is 3.72. The van der Waals surface area contributed by atoms with Gasteiger partial charge in [0.05, 0.1) is 6.54 Å². The second-order valence-electron chi connectivity index (χ2n) is 6.07. The number of rotatable bonds is 7. The maximum Gasteiger partial charge on any atom is 0.319 e. The molecule has 0 saturated heterocycles. The van der Waals surface area contributed by atoms with Crippen LogP contribution in [0.2, 0.25) is 0 Å². The Morgan fingerprint density at radius 1 is 1.08 bits per heavy atom. The van der Waals surface area contributed by atoms with Crippen LogP contribution in [0.25, 0.3) is 0 Å². The molecule has 0 fully saturated rings. The molecular weight excluding hydrogens is 316 g/mol. The molecule has 1 atom stereocenters. The van der Waals surface area contributed by atoms with Gasteiger partial charge in [-0.25, -0.2) is 4.79 Å². The van der Waals surface area contributed by atoms with Gasteiger partial charge in [-0.1, -0.05) is 19.1 Å². The summed E-state index contributed by atoms with van der Waals surface area (Å²) >= 11 is 0. The molecule has 7 nitrogen and oxygen atoms in total. The normalized spacial score (nSPS) is 11.9. The van der Waals surface area contributed by atoms with Gasteiger partial charge >= 0.3 is 6.03 Å². The summed E-state index contributed by atoms with van der Waals surface area (Å²) in [5.74, 6) is 0.294. The first-order valence-corrected chi connectivity index (χ1v) is 8.28. The lowest BCUT2D eigenvalue weighted by Gasteiger charge is -2.13. The number of nitrogens with one attached hydrogen (secondary N) is 2. The molecule has 0 aliphatic rings. The molecule has 130 valence electrons. The molecule has 0 aliphatic heterocycles. The molecule has 0 spiro atoms. The van der Waals surface area contributed by atoms with Crippen molar-refractivity contribution in [3.05, 3.63) is 66.7 Å². The average molecular weight is 338 g/mol. The van der Waals surface area contributed by atoms with Crippen molar-refractivity contribution in [2.45, 2.75) is 20.0 Å². The minimum Gasteiger partial charge on any atom is -0.338 e. The van der Waals surface area contributed by atoms with Crippen LogP contribution in [0.15, 0.2) is 61.2 Å². The minimum absolute atomic E-state index is 0.202. The van der Waals surface area contributed by atoms with Crippen LogP contribution in [-0.2, 0) is 13.1 Å². The van der Waals surface area contributed by atoms with Crippen LogP contribution < -0.4 is 10.6 Å². The van der Waals surface area contributed by atoms with E-state index in [2.05, 4.69) is 27.8 Å². The molecule has 25 heavy (non-hydrogen) atoms. The lowest BCUT2D eigenvalue weighted by molar-refractivity contribution is 0.249. The highest BCUT2D eigenvalue weighted by molar-refractivity contribution is 5.89. The van der Waals surface area contributed by atoms with E-state index in [4.69, 9.17) is 0 Å². The number of benzene rings is 1. The first kappa shape index (κ1) is 16.8. The summed E-state index contributed by atoms with van der Waals surface area (Å²) in [5, 5.41) is 14.1. The molecule has 7 heteroatoms. The first-order valence-electron chi connectivity index (χ1n) is 8.28. The van der Waals surface area contributed by atoms with Gasteiger partial charge in [0.1, 0.15) is 0 Å². The van der Waals surface area contributed by atoms with Crippen LogP contribution in [-0.4, -0.2) is 32.1 Å². The summed E-state index contributed by atoms with van der Waals surface area (Å²) in [7, 11) is 0. The van der Waals surface area contributed by atoms with Crippen molar-refractivity contribution in [2.75, 3.05) is 11.9 Å². The quantitative estimate of drug-likeness (QED) is 0.695. The van der Waals surface area contributed by atoms with E-state index in [-0.39, 0.29) is 6.03 Å². The van der Waals surface area contributed by atoms with Gasteiger partial charge < -0.3 is 10.6 Å². The minimum atomic E-state index is -0.202. The van der Waals surface area contributed by atoms with E-state index in [1.807, 2.05) is 58.2 Å². The van der Waals surface area contributed by atoms with Crippen LogP contribution in [0, 0.1) is 5.92 Å². The Morgan fingerprint density at radius 2 is 1.76 bits per heavy atom. The van der Waals surface area contributed by atoms with Crippen molar-refractivity contribution < 1.29 is 4.79 Å². The molecule has 0 bridgehead atoms. The fraction of sp³-hybridized carbons (Fsp3) is 0.278. The second-order valence-corrected chi connectivity index (χ2v) is 6.07. The summed E-state index contributed by atoms with van der Waals surface area (Å²) in [6.07, 6.45) is 7.35. The predicted octanol–water partition coefficient (Wildman–Crippen LogP) is 2.59. The number of carbonyl (C=O) groups is 1. The highest BCUT2D eigenvalue weighted by Crippen LogP contribution is 2.10. The van der Waals surface area contributed by atoms with Crippen LogP contribution in [0.4, 0.5) is 10.5 Å². The van der Waals surface area contributed by atoms with E-state index in [1.54, 1.807) is 12.4 Å². The molecule has 1 unspecified atom stereocenters. The van der Waals surface area contributed by atoms with Crippen LogP contribution in [0.1, 0.15) is 12.5 Å². The summed E-state index contributed by atoms with van der Waals surface area (Å²) in [6, 6.07) is 11.3. The third-order valence-corrected chi connectivity index (χ3v) is 3.78. The van der Waals surface area contributed by atoms with E-state index in [0.29, 0.717) is 19.0 Å². The number of aromatic nitrogens is 4. The first-order chi connectivity index (χ1) is 12.2. The maximum atomic E-state index is 12.0. The summed E-state index contributed by atoms with van der Waals surface area (Å²) in [4.78, 5) is 12.0. The standard InChI is InChI=1S/C18H22N6O/c1-15(13-23-10-2-8-20-23)12-19-18(25)22-17-6-4-16(5-7-17)14-24-11-3-9-21-24/h2-11,15H,12-14H2,1H3,(H2,19,22,25). The van der Waals surface area contributed by atoms with Gasteiger partial charge in [0.15, 0.2) is 0 Å². The molecule has 2 heterocycles. The largest absolute Gasteiger partial charge is 0.338 e. The Kier molecular flexibility index (Phi) is 5.46. The van der Waals surface area contributed by atoms with E-state index < -0.39 is 0 Å². The lowest BCUT2D eigenvalue weighted by atomic mass is 10.2. The zero-order valence-electron chi connectivity index (χ0n) is 14.2. The average Bonchev–Trinajstić information content (AvgIpc) is 3.29. The highest BCUT2D eigenvalue weighted by Gasteiger charge is 2.07. The smallest absolute Gasteiger partial charge is 0.319 e. The van der Waals surface area contributed by atoms with Gasteiger partial charge in [-0.15, -0.1) is 0 Å². The fourth-order valence-electron chi connectivity index (χ4n) is 2.51. The predicted molar refractivity (Wildman–Crippen MR) is 96.2 cm³/mol. The molecule has 3 rings (SSSR count). The number of amides is 2. The third kappa shape index (κ3) is 5.20. The Bertz CT molecular complexity index is 765. The third-order valence-electron chi connectivity index (χ3n) is 3.78. The van der Waals surface area contributed by atoms with Gasteiger partial charge in [0.2, 0.25) is 0 Å². The Morgan fingerprint density at radius 3 is 2.40 bits per heavy atom. The maximum absolute atomic E-state index is 12.0. The summed E-state index contributed by atoms with van der Waals surface area (Å²) in [5.41, 5.74) is 1.89. The highest BCUT2D eigenvalue weighted by atomic mass is 16.2. The van der Waals surface area contributed by atoms with E-state index in [1.165, 1.54) is 0 Å². The van der Waals surface area contributed by atoms with E-state index >= 15 is 0 Å². The SMILES string of the molecule is CC(CNC(=O)Nc1ccc(Cn2cccn2)cc1)Cn1cccn1. The number of urea groups is 1. The number of anilines is 1. The van der Waals surface area contributed by atoms with Crippen molar-refractivity contribution >= 4 is 11.7 Å². The van der Waals surface area contributed by atoms with Crippen LogP contribution in [0.5, 0.6) is 0 Å². The molecule has 3 aromatic rings. The number of carbonyl (C=O) groups excluding carboxylic acids is 1. The fourth-order valence-corrected chi connectivity index (χ4v) is 2.51. The van der Waals surface area contributed by atoms with Gasteiger partial charge in [0.25, 0.3) is 0 Å². The van der Waals surface area contributed by atoms with Gasteiger partial charge in [-0.05, 0) is 35.7 Å². The Balaban J connectivity index is 1.43. The van der Waals surface area contributed by atoms with Gasteiger partial charge in [-0.3, -0.25) is 9.36 Å². The summed E-state index contributed by atoms with van der Waals surface area (Å²) in [6.45, 7) is 4.15. The monoisotopic (exact) mass is 338 g/mol. The van der Waals surface area contributed by atoms with Crippen molar-refractivity contribution in [3.8, 4) is 0 Å². The molecule has 0 saturated carbocycles. The lowest BCUT2D eigenvalue weighted by Crippen LogP contribution is -2.33. The number of nitrogens with zero attached hydrogens (tertiary/aromatic N) is 4. The molecule has 2 amide bonds. The molecule has 1 aromatic carbocycles. The second kappa shape index (κ2) is 8.14. The van der Waals surface area contributed by atoms with Gasteiger partial charge in [-0.2, -0.15) is 10.2 Å². The van der Waals surface area contributed by atoms with E-state index in [0.717, 1.165) is 17.8 Å². The molecule has 0 radical (unpaired) electrons. The zero-order valence-corrected chi connectivity index (χ0v) is 14.2. The van der Waals surface area contributed by atoms with Crippen molar-refractivity contribution in [1.29, 1.82) is 0 Å². The van der Waals surface area contributed by atoms with Crippen LogP contribution >= 0.6 is 0 Å². The van der Waals surface area contributed by atoms with Gasteiger partial charge in [0, 0.05) is 43.6 Å². The molecular formula is C18H22N6O. The zero-order chi connectivity index (χ0) is 17.5. The number of hydrogen-bond donors (Lipinski definition) is 2. The topological polar surface area (TPSA) is 76.8 Å². The van der Waals surface area contributed by atoms with Crippen molar-refractivity contribution in [2.24, 2.45) is 5.92 Å². The van der Waals surface area contributed by atoms with Crippen molar-refractivity contribution in [1.82, 2.24) is 24.9 Å². The number of hydrogen-bond acceptors (Lipinski definition) is 3. The van der Waals surface area contributed by atoms with Crippen molar-refractivity contribution in [3.63, 3.8) is 0 Å². The Labute approximate surface area is 146 Å².